The van der Waals surface area contributed by atoms with Gasteiger partial charge in [-0.2, -0.15) is 0 Å². The first-order valence-corrected chi connectivity index (χ1v) is 18.1. The molecule has 7 aromatic carbocycles. The van der Waals surface area contributed by atoms with Crippen molar-refractivity contribution in [3.63, 3.8) is 0 Å². The fraction of sp³-hybridized carbons (Fsp3) is 0.0213. The maximum atomic E-state index is 6.28. The average molecular weight is 669 g/mol. The third-order valence-electron chi connectivity index (χ3n) is 10.6. The van der Waals surface area contributed by atoms with E-state index in [0.717, 1.165) is 50.0 Å². The van der Waals surface area contributed by atoms with Crippen LogP contribution >= 0.6 is 11.8 Å². The van der Waals surface area contributed by atoms with E-state index in [1.807, 2.05) is 30.0 Å². The molecule has 3 nitrogen and oxygen atoms in total. The molecule has 0 N–H and O–H groups in total. The van der Waals surface area contributed by atoms with Crippen LogP contribution in [0.3, 0.4) is 0 Å². The van der Waals surface area contributed by atoms with Crippen LogP contribution in [0.1, 0.15) is 22.3 Å². The van der Waals surface area contributed by atoms with Crippen molar-refractivity contribution in [2.75, 3.05) is 0 Å². The van der Waals surface area contributed by atoms with Gasteiger partial charge in [0.05, 0.1) is 16.8 Å². The highest BCUT2D eigenvalue weighted by atomic mass is 32.2. The standard InChI is InChI=1S/C47H28N2OS/c1-2-12-29(13-3-1)40-28-41(30-22-24-35-34-16-6-10-20-42(34)50-43(35)26-30)49-46(48-40)31-23-25-39-45(27-31)51-44-21-11-9-19-38(44)47(39)36-17-7-4-14-32(36)33-15-5-8-18-37(33)47/h1-28H. The second kappa shape index (κ2) is 10.9. The van der Waals surface area contributed by atoms with Crippen LogP contribution in [0.5, 0.6) is 0 Å². The van der Waals surface area contributed by atoms with Gasteiger partial charge in [-0.05, 0) is 69.8 Å². The maximum Gasteiger partial charge on any atom is 0.160 e. The topological polar surface area (TPSA) is 38.9 Å². The molecule has 1 spiro atoms. The van der Waals surface area contributed by atoms with E-state index in [1.165, 1.54) is 43.2 Å². The predicted molar refractivity (Wildman–Crippen MR) is 207 cm³/mol. The second-order valence-corrected chi connectivity index (χ2v) is 14.4. The van der Waals surface area contributed by atoms with Crippen LogP contribution in [-0.4, -0.2) is 9.97 Å². The normalized spacial score (nSPS) is 13.6. The molecule has 51 heavy (non-hydrogen) atoms. The molecule has 2 aromatic heterocycles. The number of aromatic nitrogens is 2. The minimum atomic E-state index is -0.414. The van der Waals surface area contributed by atoms with Crippen molar-refractivity contribution < 1.29 is 4.42 Å². The van der Waals surface area contributed by atoms with Gasteiger partial charge in [-0.25, -0.2) is 9.97 Å². The fourth-order valence-corrected chi connectivity index (χ4v) is 9.60. The molecule has 0 saturated carbocycles. The molecular weight excluding hydrogens is 641 g/mol. The van der Waals surface area contributed by atoms with Crippen molar-refractivity contribution in [3.05, 3.63) is 192 Å². The van der Waals surface area contributed by atoms with Crippen molar-refractivity contribution in [2.45, 2.75) is 15.2 Å². The molecule has 1 aliphatic carbocycles. The first kappa shape index (κ1) is 28.6. The van der Waals surface area contributed by atoms with Crippen molar-refractivity contribution in [2.24, 2.45) is 0 Å². The average Bonchev–Trinajstić information content (AvgIpc) is 3.72. The lowest BCUT2D eigenvalue weighted by atomic mass is 9.67. The predicted octanol–water partition coefficient (Wildman–Crippen LogP) is 12.2. The molecule has 0 amide bonds. The number of furan rings is 1. The molecule has 4 heteroatoms. The first-order chi connectivity index (χ1) is 25.3. The smallest absolute Gasteiger partial charge is 0.160 e. The molecule has 1 aliphatic heterocycles. The molecule has 3 heterocycles. The van der Waals surface area contributed by atoms with E-state index in [0.29, 0.717) is 5.82 Å². The summed E-state index contributed by atoms with van der Waals surface area (Å²) in [7, 11) is 0. The van der Waals surface area contributed by atoms with Gasteiger partial charge in [-0.3, -0.25) is 0 Å². The summed E-state index contributed by atoms with van der Waals surface area (Å²) < 4.78 is 6.28. The van der Waals surface area contributed by atoms with Crippen LogP contribution in [0.25, 0.3) is 67.0 Å². The Balaban J connectivity index is 1.12. The highest BCUT2D eigenvalue weighted by molar-refractivity contribution is 7.99. The summed E-state index contributed by atoms with van der Waals surface area (Å²) >= 11 is 1.84. The molecule has 0 saturated heterocycles. The van der Waals surface area contributed by atoms with Crippen LogP contribution in [0.15, 0.2) is 184 Å². The monoisotopic (exact) mass is 668 g/mol. The highest BCUT2D eigenvalue weighted by Crippen LogP contribution is 2.62. The molecule has 2 aliphatic rings. The molecule has 9 aromatic rings. The maximum absolute atomic E-state index is 6.28. The highest BCUT2D eigenvalue weighted by Gasteiger charge is 2.50. The van der Waals surface area contributed by atoms with E-state index in [1.54, 1.807) is 0 Å². The molecule has 0 atom stereocenters. The molecule has 0 radical (unpaired) electrons. The van der Waals surface area contributed by atoms with Crippen molar-refractivity contribution in [1.29, 1.82) is 0 Å². The SMILES string of the molecule is c1ccc(-c2cc(-c3ccc4c(c3)oc3ccccc34)nc(-c3ccc4c(c3)Sc3ccccc3C43c4ccccc4-c4ccccc43)n2)cc1. The minimum Gasteiger partial charge on any atom is -0.456 e. The Morgan fingerprint density at radius 1 is 0.412 bits per heavy atom. The summed E-state index contributed by atoms with van der Waals surface area (Å²) in [5, 5.41) is 2.22. The second-order valence-electron chi connectivity index (χ2n) is 13.3. The number of fused-ring (bicyclic) bond motifs is 12. The molecular formula is C47H28N2OS. The zero-order valence-corrected chi connectivity index (χ0v) is 28.2. The largest absolute Gasteiger partial charge is 0.456 e. The van der Waals surface area contributed by atoms with E-state index < -0.39 is 5.41 Å². The molecule has 0 bridgehead atoms. The van der Waals surface area contributed by atoms with E-state index in [-0.39, 0.29) is 0 Å². The number of hydrogen-bond acceptors (Lipinski definition) is 4. The number of benzene rings is 7. The zero-order valence-electron chi connectivity index (χ0n) is 27.4. The van der Waals surface area contributed by atoms with E-state index in [9.17, 15) is 0 Å². The minimum absolute atomic E-state index is 0.414. The summed E-state index contributed by atoms with van der Waals surface area (Å²) in [5.74, 6) is 0.694. The summed E-state index contributed by atoms with van der Waals surface area (Å²) in [6.07, 6.45) is 0. The molecule has 0 fully saturated rings. The molecule has 0 unspecified atom stereocenters. The number of rotatable bonds is 3. The molecule has 11 rings (SSSR count). The zero-order chi connectivity index (χ0) is 33.5. The van der Waals surface area contributed by atoms with Crippen LogP contribution in [0, 0.1) is 0 Å². The van der Waals surface area contributed by atoms with Gasteiger partial charge >= 0.3 is 0 Å². The van der Waals surface area contributed by atoms with Crippen LogP contribution in [-0.2, 0) is 5.41 Å². The number of para-hydroxylation sites is 1. The van der Waals surface area contributed by atoms with Gasteiger partial charge in [0.25, 0.3) is 0 Å². The van der Waals surface area contributed by atoms with Crippen molar-refractivity contribution >= 4 is 33.7 Å². The Bertz CT molecular complexity index is 2810. The summed E-state index contributed by atoms with van der Waals surface area (Å²) in [6.45, 7) is 0. The Hall–Kier alpha value is -6.23. The van der Waals surface area contributed by atoms with Gasteiger partial charge in [0.1, 0.15) is 11.2 Å². The van der Waals surface area contributed by atoms with Gasteiger partial charge in [-0.1, -0.05) is 145 Å². The van der Waals surface area contributed by atoms with E-state index >= 15 is 0 Å². The van der Waals surface area contributed by atoms with E-state index in [4.69, 9.17) is 14.4 Å². The first-order valence-electron chi connectivity index (χ1n) is 17.2. The van der Waals surface area contributed by atoms with Gasteiger partial charge in [-0.15, -0.1) is 0 Å². The Morgan fingerprint density at radius 2 is 1.02 bits per heavy atom. The fourth-order valence-electron chi connectivity index (χ4n) is 8.37. The summed E-state index contributed by atoms with van der Waals surface area (Å²) in [6, 6.07) is 60.6. The number of nitrogens with zero attached hydrogens (tertiary/aromatic N) is 2. The van der Waals surface area contributed by atoms with Crippen LogP contribution in [0.4, 0.5) is 0 Å². The quantitative estimate of drug-likeness (QED) is 0.188. The Kier molecular flexibility index (Phi) is 6.10. The number of hydrogen-bond donors (Lipinski definition) is 0. The van der Waals surface area contributed by atoms with Gasteiger partial charge in [0.15, 0.2) is 5.82 Å². The third kappa shape index (κ3) is 4.14. The van der Waals surface area contributed by atoms with Gasteiger partial charge < -0.3 is 4.42 Å². The van der Waals surface area contributed by atoms with Crippen LogP contribution < -0.4 is 0 Å². The van der Waals surface area contributed by atoms with Crippen LogP contribution in [0.2, 0.25) is 0 Å². The van der Waals surface area contributed by atoms with Crippen molar-refractivity contribution in [3.8, 4) is 45.0 Å². The van der Waals surface area contributed by atoms with Gasteiger partial charge in [0, 0.05) is 37.3 Å². The van der Waals surface area contributed by atoms with Crippen molar-refractivity contribution in [1.82, 2.24) is 9.97 Å². The Morgan fingerprint density at radius 3 is 1.82 bits per heavy atom. The summed E-state index contributed by atoms with van der Waals surface area (Å²) in [5.41, 5.74) is 14.0. The van der Waals surface area contributed by atoms with E-state index in [2.05, 4.69) is 152 Å². The summed E-state index contributed by atoms with van der Waals surface area (Å²) in [4.78, 5) is 12.9. The van der Waals surface area contributed by atoms with Gasteiger partial charge in [0.2, 0.25) is 0 Å². The lowest BCUT2D eigenvalue weighted by Gasteiger charge is -2.39. The molecule has 238 valence electrons. The lowest BCUT2D eigenvalue weighted by molar-refractivity contribution is 0.669. The lowest BCUT2D eigenvalue weighted by Crippen LogP contribution is -2.31. The Labute approximate surface area is 299 Å². The third-order valence-corrected chi connectivity index (χ3v) is 11.7.